The molecule has 0 atom stereocenters. The van der Waals surface area contributed by atoms with Crippen LogP contribution in [0, 0.1) is 13.8 Å². The molecule has 2 heterocycles. The topological polar surface area (TPSA) is 70.4 Å². The second kappa shape index (κ2) is 9.21. The number of rotatable bonds is 5. The Balaban J connectivity index is 0.00000288. The first-order valence-electron chi connectivity index (χ1n) is 7.47. The highest BCUT2D eigenvalue weighted by atomic mass is 127. The monoisotopic (exact) mass is 463 g/mol. The lowest BCUT2D eigenvalue weighted by molar-refractivity contribution is 0.742. The standard InChI is InChI=1S/C15H25N7S.HI/c1-10-11(2)23-13(20-10)9-18-14(16-3)17-7-12-8-19-15(21(4)5)22(12)6;/h8H,7,9H2,1-6H3,(H2,16,17,18);1H. The smallest absolute Gasteiger partial charge is 0.204 e. The van der Waals surface area contributed by atoms with Crippen LogP contribution in [0.25, 0.3) is 0 Å². The predicted octanol–water partition coefficient (Wildman–Crippen LogP) is 2.04. The molecule has 24 heavy (non-hydrogen) atoms. The molecule has 9 heteroatoms. The van der Waals surface area contributed by atoms with E-state index in [1.165, 1.54) is 4.88 Å². The van der Waals surface area contributed by atoms with Crippen molar-refractivity contribution in [2.45, 2.75) is 26.9 Å². The number of nitrogens with zero attached hydrogens (tertiary/aromatic N) is 5. The van der Waals surface area contributed by atoms with Gasteiger partial charge in [0, 0.05) is 33.1 Å². The molecular weight excluding hydrogens is 437 g/mol. The van der Waals surface area contributed by atoms with Crippen LogP contribution in [-0.4, -0.2) is 41.6 Å². The van der Waals surface area contributed by atoms with Gasteiger partial charge in [-0.3, -0.25) is 4.99 Å². The average molecular weight is 463 g/mol. The molecule has 0 aliphatic heterocycles. The molecular formula is C15H26IN7S. The van der Waals surface area contributed by atoms with Crippen LogP contribution in [0.5, 0.6) is 0 Å². The van der Waals surface area contributed by atoms with Crippen molar-refractivity contribution in [1.82, 2.24) is 25.2 Å². The van der Waals surface area contributed by atoms with Crippen molar-refractivity contribution in [3.63, 3.8) is 0 Å². The number of anilines is 1. The maximum Gasteiger partial charge on any atom is 0.204 e. The fourth-order valence-electron chi connectivity index (χ4n) is 2.18. The first-order valence-corrected chi connectivity index (χ1v) is 8.29. The Morgan fingerprint density at radius 3 is 2.46 bits per heavy atom. The third-order valence-corrected chi connectivity index (χ3v) is 4.67. The zero-order valence-corrected chi connectivity index (χ0v) is 18.2. The van der Waals surface area contributed by atoms with Gasteiger partial charge in [0.2, 0.25) is 5.95 Å². The molecule has 0 saturated heterocycles. The summed E-state index contributed by atoms with van der Waals surface area (Å²) in [5.74, 6) is 1.68. The number of aryl methyl sites for hydroxylation is 2. The molecule has 2 aromatic rings. The van der Waals surface area contributed by atoms with E-state index in [9.17, 15) is 0 Å². The van der Waals surface area contributed by atoms with Crippen LogP contribution in [0.4, 0.5) is 5.95 Å². The van der Waals surface area contributed by atoms with Gasteiger partial charge in [-0.1, -0.05) is 0 Å². The van der Waals surface area contributed by atoms with Crippen LogP contribution < -0.4 is 15.5 Å². The van der Waals surface area contributed by atoms with Crippen molar-refractivity contribution in [1.29, 1.82) is 0 Å². The van der Waals surface area contributed by atoms with Gasteiger partial charge in [-0.25, -0.2) is 9.97 Å². The molecule has 134 valence electrons. The number of aliphatic imine (C=N–C) groups is 1. The van der Waals surface area contributed by atoms with E-state index in [0.717, 1.165) is 28.3 Å². The molecule has 2 aromatic heterocycles. The van der Waals surface area contributed by atoms with E-state index in [2.05, 4.69) is 37.1 Å². The Kier molecular flexibility index (Phi) is 7.94. The minimum Gasteiger partial charge on any atom is -0.351 e. The van der Waals surface area contributed by atoms with Gasteiger partial charge in [-0.15, -0.1) is 35.3 Å². The van der Waals surface area contributed by atoms with Gasteiger partial charge < -0.3 is 20.1 Å². The number of guanidine groups is 1. The first kappa shape index (κ1) is 20.7. The van der Waals surface area contributed by atoms with Gasteiger partial charge >= 0.3 is 0 Å². The maximum absolute atomic E-state index is 4.53. The van der Waals surface area contributed by atoms with Crippen LogP contribution in [0.1, 0.15) is 21.3 Å². The Morgan fingerprint density at radius 1 is 1.29 bits per heavy atom. The number of nitrogens with one attached hydrogen (secondary N) is 2. The van der Waals surface area contributed by atoms with E-state index in [1.54, 1.807) is 18.4 Å². The highest BCUT2D eigenvalue weighted by Gasteiger charge is 2.09. The van der Waals surface area contributed by atoms with Gasteiger partial charge in [0.05, 0.1) is 30.7 Å². The van der Waals surface area contributed by atoms with E-state index >= 15 is 0 Å². The maximum atomic E-state index is 4.53. The van der Waals surface area contributed by atoms with Crippen LogP contribution in [0.2, 0.25) is 0 Å². The molecule has 0 saturated carbocycles. The van der Waals surface area contributed by atoms with Crippen molar-refractivity contribution in [2.75, 3.05) is 26.0 Å². The molecule has 0 radical (unpaired) electrons. The van der Waals surface area contributed by atoms with Crippen LogP contribution in [-0.2, 0) is 20.1 Å². The lowest BCUT2D eigenvalue weighted by atomic mass is 10.4. The van der Waals surface area contributed by atoms with Gasteiger partial charge in [0.15, 0.2) is 5.96 Å². The number of hydrogen-bond donors (Lipinski definition) is 2. The summed E-state index contributed by atoms with van der Waals surface area (Å²) in [6, 6.07) is 0. The lowest BCUT2D eigenvalue weighted by Crippen LogP contribution is -2.36. The Labute approximate surface area is 164 Å². The van der Waals surface area contributed by atoms with Crippen LogP contribution in [0.3, 0.4) is 0 Å². The highest BCUT2D eigenvalue weighted by molar-refractivity contribution is 14.0. The molecule has 2 N–H and O–H groups in total. The van der Waals surface area contributed by atoms with Crippen molar-refractivity contribution in [2.24, 2.45) is 12.0 Å². The normalized spacial score (nSPS) is 11.2. The summed E-state index contributed by atoms with van der Waals surface area (Å²) in [5, 5.41) is 7.67. The number of halogens is 1. The van der Waals surface area contributed by atoms with Crippen molar-refractivity contribution >= 4 is 47.2 Å². The van der Waals surface area contributed by atoms with Crippen LogP contribution in [0.15, 0.2) is 11.2 Å². The van der Waals surface area contributed by atoms with Crippen molar-refractivity contribution in [3.8, 4) is 0 Å². The number of hydrogen-bond acceptors (Lipinski definition) is 5. The molecule has 7 nitrogen and oxygen atoms in total. The fourth-order valence-corrected chi connectivity index (χ4v) is 3.06. The molecule has 0 unspecified atom stereocenters. The summed E-state index contributed by atoms with van der Waals surface area (Å²) >= 11 is 1.71. The van der Waals surface area contributed by atoms with Gasteiger partial charge in [-0.05, 0) is 13.8 Å². The number of aromatic nitrogens is 3. The number of thiazole rings is 1. The van der Waals surface area contributed by atoms with Crippen LogP contribution >= 0.6 is 35.3 Å². The zero-order valence-electron chi connectivity index (χ0n) is 15.0. The summed E-state index contributed by atoms with van der Waals surface area (Å²) in [5.41, 5.74) is 2.19. The molecule has 0 aromatic carbocycles. The van der Waals surface area contributed by atoms with Crippen molar-refractivity contribution in [3.05, 3.63) is 27.5 Å². The summed E-state index contributed by atoms with van der Waals surface area (Å²) in [6.07, 6.45) is 1.88. The van der Waals surface area contributed by atoms with Crippen molar-refractivity contribution < 1.29 is 0 Å². The molecule has 0 fully saturated rings. The second-order valence-corrected chi connectivity index (χ2v) is 6.82. The Morgan fingerprint density at radius 2 is 1.96 bits per heavy atom. The molecule has 0 spiro atoms. The van der Waals surface area contributed by atoms with E-state index in [4.69, 9.17) is 0 Å². The summed E-state index contributed by atoms with van der Waals surface area (Å²) in [4.78, 5) is 16.4. The summed E-state index contributed by atoms with van der Waals surface area (Å²) < 4.78 is 2.06. The molecule has 0 aliphatic carbocycles. The molecule has 0 amide bonds. The molecule has 0 bridgehead atoms. The van der Waals surface area contributed by atoms with E-state index in [1.807, 2.05) is 39.2 Å². The highest BCUT2D eigenvalue weighted by Crippen LogP contribution is 2.16. The summed E-state index contributed by atoms with van der Waals surface area (Å²) in [6.45, 7) is 5.46. The van der Waals surface area contributed by atoms with E-state index < -0.39 is 0 Å². The number of imidazole rings is 1. The minimum absolute atomic E-state index is 0. The summed E-state index contributed by atoms with van der Waals surface area (Å²) in [7, 11) is 7.74. The molecule has 2 rings (SSSR count). The minimum atomic E-state index is 0. The third-order valence-electron chi connectivity index (χ3n) is 3.60. The largest absolute Gasteiger partial charge is 0.351 e. The molecule has 0 aliphatic rings. The SMILES string of the molecule is CN=C(NCc1nc(C)c(C)s1)NCc1cnc(N(C)C)n1C.I. The fraction of sp³-hybridized carbons (Fsp3) is 0.533. The second-order valence-electron chi connectivity index (χ2n) is 5.53. The lowest BCUT2D eigenvalue weighted by Gasteiger charge is -2.14. The van der Waals surface area contributed by atoms with Gasteiger partial charge in [0.25, 0.3) is 0 Å². The van der Waals surface area contributed by atoms with Gasteiger partial charge in [-0.2, -0.15) is 0 Å². The Hall–Kier alpha value is -1.36. The van der Waals surface area contributed by atoms with E-state index in [-0.39, 0.29) is 24.0 Å². The predicted molar refractivity (Wildman–Crippen MR) is 112 cm³/mol. The van der Waals surface area contributed by atoms with Gasteiger partial charge in [0.1, 0.15) is 5.01 Å². The quantitative estimate of drug-likeness (QED) is 0.404. The zero-order chi connectivity index (χ0) is 17.0. The third kappa shape index (κ3) is 5.07. The van der Waals surface area contributed by atoms with E-state index in [0.29, 0.717) is 13.1 Å². The first-order chi connectivity index (χ1) is 10.9. The Bertz CT molecular complexity index is 671. The average Bonchev–Trinajstić information content (AvgIpc) is 3.02.